The summed E-state index contributed by atoms with van der Waals surface area (Å²) in [4.78, 5) is 2.61. The van der Waals surface area contributed by atoms with Crippen molar-refractivity contribution in [3.05, 3.63) is 23.8 Å². The molecule has 2 aliphatic heterocycles. The van der Waals surface area contributed by atoms with Gasteiger partial charge in [0.15, 0.2) is 0 Å². The lowest BCUT2D eigenvalue weighted by molar-refractivity contribution is 0.344. The number of sulfonamides is 1. The van der Waals surface area contributed by atoms with Crippen molar-refractivity contribution in [2.45, 2.75) is 31.2 Å². The van der Waals surface area contributed by atoms with Gasteiger partial charge in [-0.1, -0.05) is 13.8 Å². The van der Waals surface area contributed by atoms with E-state index in [-0.39, 0.29) is 6.04 Å². The molecule has 0 spiro atoms. The number of likely N-dealkylation sites (tertiary alicyclic amines) is 1. The molecular formula is C15H22N2O3S. The number of nitrogens with zero attached hydrogens (tertiary/aromatic N) is 1. The van der Waals surface area contributed by atoms with Gasteiger partial charge in [-0.15, -0.1) is 0 Å². The van der Waals surface area contributed by atoms with Crippen molar-refractivity contribution in [3.63, 3.8) is 0 Å². The molecule has 116 valence electrons. The SMILES string of the molecule is CCN1C[C@@H](C)[C@H](NS(=O)(=O)c2ccc3c(c2)CCO3)C1. The predicted octanol–water partition coefficient (Wildman–Crippen LogP) is 1.24. The minimum atomic E-state index is -3.46. The van der Waals surface area contributed by atoms with Crippen LogP contribution in [0.15, 0.2) is 23.1 Å². The fourth-order valence-electron chi connectivity index (χ4n) is 3.08. The van der Waals surface area contributed by atoms with E-state index < -0.39 is 10.0 Å². The number of benzene rings is 1. The van der Waals surface area contributed by atoms with Gasteiger partial charge in [-0.3, -0.25) is 0 Å². The van der Waals surface area contributed by atoms with Crippen LogP contribution in [0.4, 0.5) is 0 Å². The Morgan fingerprint density at radius 3 is 2.90 bits per heavy atom. The van der Waals surface area contributed by atoms with Crippen LogP contribution in [0.1, 0.15) is 19.4 Å². The van der Waals surface area contributed by atoms with Crippen LogP contribution in [0.3, 0.4) is 0 Å². The smallest absolute Gasteiger partial charge is 0.240 e. The summed E-state index contributed by atoms with van der Waals surface area (Å²) in [6.45, 7) is 7.52. The molecule has 1 aromatic carbocycles. The number of hydrogen-bond acceptors (Lipinski definition) is 4. The van der Waals surface area contributed by atoms with Crippen LogP contribution in [0.25, 0.3) is 0 Å². The molecule has 0 aromatic heterocycles. The van der Waals surface area contributed by atoms with Gasteiger partial charge in [0.2, 0.25) is 10.0 Å². The van der Waals surface area contributed by atoms with Crippen LogP contribution in [-0.4, -0.2) is 45.6 Å². The Kier molecular flexibility index (Phi) is 3.94. The quantitative estimate of drug-likeness (QED) is 0.909. The van der Waals surface area contributed by atoms with E-state index in [4.69, 9.17) is 4.74 Å². The lowest BCUT2D eigenvalue weighted by Crippen LogP contribution is -2.39. The predicted molar refractivity (Wildman–Crippen MR) is 81.0 cm³/mol. The van der Waals surface area contributed by atoms with Crippen molar-refractivity contribution < 1.29 is 13.2 Å². The molecule has 0 amide bonds. The Balaban J connectivity index is 1.78. The second kappa shape index (κ2) is 5.59. The van der Waals surface area contributed by atoms with Gasteiger partial charge < -0.3 is 9.64 Å². The van der Waals surface area contributed by atoms with E-state index in [1.54, 1.807) is 18.2 Å². The molecular weight excluding hydrogens is 288 g/mol. The minimum absolute atomic E-state index is 0.0144. The van der Waals surface area contributed by atoms with Gasteiger partial charge in [0.1, 0.15) is 5.75 Å². The van der Waals surface area contributed by atoms with Gasteiger partial charge in [-0.05, 0) is 36.2 Å². The van der Waals surface area contributed by atoms with E-state index in [1.807, 2.05) is 0 Å². The highest BCUT2D eigenvalue weighted by atomic mass is 32.2. The van der Waals surface area contributed by atoms with E-state index in [0.29, 0.717) is 17.4 Å². The Hall–Kier alpha value is -1.11. The van der Waals surface area contributed by atoms with Crippen molar-refractivity contribution in [3.8, 4) is 5.75 Å². The first-order valence-electron chi connectivity index (χ1n) is 7.50. The summed E-state index contributed by atoms with van der Waals surface area (Å²) in [5.41, 5.74) is 0.979. The number of fused-ring (bicyclic) bond motifs is 1. The summed E-state index contributed by atoms with van der Waals surface area (Å²) < 4.78 is 33.4. The molecule has 2 aliphatic rings. The molecule has 1 N–H and O–H groups in total. The molecule has 0 bridgehead atoms. The zero-order chi connectivity index (χ0) is 15.0. The fourth-order valence-corrected chi connectivity index (χ4v) is 4.46. The zero-order valence-electron chi connectivity index (χ0n) is 12.5. The fraction of sp³-hybridized carbons (Fsp3) is 0.600. The van der Waals surface area contributed by atoms with Crippen molar-refractivity contribution in [1.82, 2.24) is 9.62 Å². The van der Waals surface area contributed by atoms with Crippen molar-refractivity contribution >= 4 is 10.0 Å². The second-order valence-electron chi connectivity index (χ2n) is 5.93. The maximum absolute atomic E-state index is 12.6. The van der Waals surface area contributed by atoms with Gasteiger partial charge in [-0.25, -0.2) is 13.1 Å². The number of rotatable bonds is 4. The van der Waals surface area contributed by atoms with Crippen molar-refractivity contribution in [1.29, 1.82) is 0 Å². The molecule has 2 heterocycles. The highest BCUT2D eigenvalue weighted by Crippen LogP contribution is 2.28. The summed E-state index contributed by atoms with van der Waals surface area (Å²) >= 11 is 0. The summed E-state index contributed by atoms with van der Waals surface area (Å²) in [6.07, 6.45) is 0.780. The number of hydrogen-bond donors (Lipinski definition) is 1. The zero-order valence-corrected chi connectivity index (χ0v) is 13.3. The number of nitrogens with one attached hydrogen (secondary N) is 1. The summed E-state index contributed by atoms with van der Waals surface area (Å²) in [6, 6.07) is 5.11. The summed E-state index contributed by atoms with van der Waals surface area (Å²) in [5.74, 6) is 1.14. The monoisotopic (exact) mass is 310 g/mol. The Morgan fingerprint density at radius 2 is 2.19 bits per heavy atom. The van der Waals surface area contributed by atoms with Crippen molar-refractivity contribution in [2.24, 2.45) is 5.92 Å². The van der Waals surface area contributed by atoms with Gasteiger partial charge in [-0.2, -0.15) is 0 Å². The third kappa shape index (κ3) is 2.93. The Labute approximate surface area is 126 Å². The lowest BCUT2D eigenvalue weighted by atomic mass is 10.1. The lowest BCUT2D eigenvalue weighted by Gasteiger charge is -2.17. The highest BCUT2D eigenvalue weighted by molar-refractivity contribution is 7.89. The Morgan fingerprint density at radius 1 is 1.38 bits per heavy atom. The van der Waals surface area contributed by atoms with Gasteiger partial charge in [0.25, 0.3) is 0 Å². The Bertz CT molecular complexity index is 630. The average Bonchev–Trinajstić information content (AvgIpc) is 3.04. The first-order chi connectivity index (χ1) is 9.99. The molecule has 1 saturated heterocycles. The molecule has 21 heavy (non-hydrogen) atoms. The molecule has 3 rings (SSSR count). The van der Waals surface area contributed by atoms with E-state index in [1.165, 1.54) is 0 Å². The summed E-state index contributed by atoms with van der Waals surface area (Å²) in [7, 11) is -3.46. The minimum Gasteiger partial charge on any atom is -0.493 e. The van der Waals surface area contributed by atoms with Crippen molar-refractivity contribution in [2.75, 3.05) is 26.2 Å². The van der Waals surface area contributed by atoms with Crippen LogP contribution >= 0.6 is 0 Å². The average molecular weight is 310 g/mol. The topological polar surface area (TPSA) is 58.6 Å². The maximum Gasteiger partial charge on any atom is 0.240 e. The first kappa shape index (κ1) is 14.8. The third-order valence-corrected chi connectivity index (χ3v) is 5.90. The molecule has 1 fully saturated rings. The molecule has 5 nitrogen and oxygen atoms in total. The van der Waals surface area contributed by atoms with Crippen LogP contribution in [0.2, 0.25) is 0 Å². The van der Waals surface area contributed by atoms with E-state index in [2.05, 4.69) is 23.5 Å². The molecule has 1 aromatic rings. The van der Waals surface area contributed by atoms with Crippen LogP contribution in [0.5, 0.6) is 5.75 Å². The second-order valence-corrected chi connectivity index (χ2v) is 7.64. The summed E-state index contributed by atoms with van der Waals surface area (Å²) in [5, 5.41) is 0. The van der Waals surface area contributed by atoms with E-state index in [0.717, 1.165) is 37.4 Å². The molecule has 0 unspecified atom stereocenters. The number of likely N-dealkylation sites (N-methyl/N-ethyl adjacent to an activating group) is 1. The van der Waals surface area contributed by atoms with Gasteiger partial charge in [0.05, 0.1) is 11.5 Å². The molecule has 0 saturated carbocycles. The first-order valence-corrected chi connectivity index (χ1v) is 8.98. The highest BCUT2D eigenvalue weighted by Gasteiger charge is 2.32. The van der Waals surface area contributed by atoms with E-state index in [9.17, 15) is 8.42 Å². The normalized spacial score (nSPS) is 25.8. The number of ether oxygens (including phenoxy) is 1. The van der Waals surface area contributed by atoms with Gasteiger partial charge in [0, 0.05) is 25.6 Å². The molecule has 0 aliphatic carbocycles. The third-order valence-electron chi connectivity index (χ3n) is 4.41. The van der Waals surface area contributed by atoms with E-state index >= 15 is 0 Å². The molecule has 6 heteroatoms. The molecule has 0 radical (unpaired) electrons. The van der Waals surface area contributed by atoms with Gasteiger partial charge >= 0.3 is 0 Å². The largest absolute Gasteiger partial charge is 0.493 e. The maximum atomic E-state index is 12.6. The molecule has 2 atom stereocenters. The van der Waals surface area contributed by atoms with Crippen LogP contribution in [0, 0.1) is 5.92 Å². The van der Waals surface area contributed by atoms with Crippen LogP contribution in [-0.2, 0) is 16.4 Å². The standard InChI is InChI=1S/C15H22N2O3S/c1-3-17-9-11(2)14(10-17)16-21(18,19)13-4-5-15-12(8-13)6-7-20-15/h4-5,8,11,14,16H,3,6-7,9-10H2,1-2H3/t11-,14-/m1/s1. The van der Waals surface area contributed by atoms with Crippen LogP contribution < -0.4 is 9.46 Å².